The maximum Gasteiger partial charge on any atom is 0.536 e. The predicted molar refractivity (Wildman–Crippen MR) is 102 cm³/mol. The molecule has 1 saturated carbocycles. The summed E-state index contributed by atoms with van der Waals surface area (Å²) in [5.41, 5.74) is 0.525. The highest BCUT2D eigenvalue weighted by Gasteiger charge is 2.48. The lowest BCUT2D eigenvalue weighted by molar-refractivity contribution is 0.111. The summed E-state index contributed by atoms with van der Waals surface area (Å²) < 4.78 is 32.2. The van der Waals surface area contributed by atoms with E-state index in [1.54, 1.807) is 42.7 Å². The number of rotatable bonds is 8. The van der Waals surface area contributed by atoms with Crippen molar-refractivity contribution >= 4 is 22.8 Å². The summed E-state index contributed by atoms with van der Waals surface area (Å²) in [5, 5.41) is 0.975. The van der Waals surface area contributed by atoms with Crippen molar-refractivity contribution in [2.75, 3.05) is 42.7 Å². The van der Waals surface area contributed by atoms with Gasteiger partial charge in [-0.15, -0.1) is 0 Å². The summed E-state index contributed by atoms with van der Waals surface area (Å²) in [5.74, 6) is 0. The zero-order valence-electron chi connectivity index (χ0n) is 16.2. The minimum atomic E-state index is -2.59. The molecular formula is C17H32O6Si2. The van der Waals surface area contributed by atoms with Gasteiger partial charge in [0.1, 0.15) is 0 Å². The molecule has 0 amide bonds. The van der Waals surface area contributed by atoms with Gasteiger partial charge in [-0.1, -0.05) is 43.2 Å². The Kier molecular flexibility index (Phi) is 10.1. The molecule has 1 fully saturated rings. The first-order chi connectivity index (χ1) is 12.1. The standard InChI is InChI=1S/C9H14O3Si.C8H18O3Si/c1-10-13(11-2,12-3)9-7-5-4-6-8-9;1-9-12(10-2,11-3)8-6-4-5-7-8/h4-8H,1-3H3;8H,4-7H2,1-3H3. The second kappa shape index (κ2) is 11.2. The van der Waals surface area contributed by atoms with Crippen LogP contribution in [0.1, 0.15) is 25.7 Å². The summed E-state index contributed by atoms with van der Waals surface area (Å²) in [7, 11) is 5.01. The molecule has 8 heteroatoms. The summed E-state index contributed by atoms with van der Waals surface area (Å²) in [6.07, 6.45) is 4.97. The molecule has 0 aliphatic heterocycles. The highest BCUT2D eigenvalue weighted by molar-refractivity contribution is 6.75. The normalized spacial score (nSPS) is 15.8. The molecule has 0 spiro atoms. The van der Waals surface area contributed by atoms with E-state index in [-0.39, 0.29) is 0 Å². The van der Waals surface area contributed by atoms with E-state index in [2.05, 4.69) is 0 Å². The first kappa shape index (κ1) is 22.5. The van der Waals surface area contributed by atoms with E-state index in [4.69, 9.17) is 26.6 Å². The van der Waals surface area contributed by atoms with Crippen LogP contribution in [0.15, 0.2) is 30.3 Å². The fourth-order valence-corrected chi connectivity index (χ4v) is 7.70. The van der Waals surface area contributed by atoms with Gasteiger partial charge in [0.25, 0.3) is 0 Å². The van der Waals surface area contributed by atoms with E-state index < -0.39 is 17.6 Å². The molecule has 25 heavy (non-hydrogen) atoms. The molecule has 2 rings (SSSR count). The van der Waals surface area contributed by atoms with E-state index in [1.165, 1.54) is 25.7 Å². The van der Waals surface area contributed by atoms with Crippen molar-refractivity contribution in [1.29, 1.82) is 0 Å². The molecule has 0 heterocycles. The van der Waals surface area contributed by atoms with Crippen molar-refractivity contribution in [2.45, 2.75) is 31.2 Å². The third-order valence-corrected chi connectivity index (χ3v) is 10.6. The highest BCUT2D eigenvalue weighted by Crippen LogP contribution is 2.39. The molecule has 0 N–H and O–H groups in total. The van der Waals surface area contributed by atoms with Crippen LogP contribution in [0.25, 0.3) is 0 Å². The average molecular weight is 389 g/mol. The maximum atomic E-state index is 5.41. The Morgan fingerprint density at radius 3 is 1.48 bits per heavy atom. The smallest absolute Gasteiger partial charge is 0.377 e. The first-order valence-electron chi connectivity index (χ1n) is 8.44. The maximum absolute atomic E-state index is 5.41. The van der Waals surface area contributed by atoms with Gasteiger partial charge in [-0.25, -0.2) is 0 Å². The van der Waals surface area contributed by atoms with Gasteiger partial charge in [0, 0.05) is 53.4 Å². The first-order valence-corrected chi connectivity index (χ1v) is 12.0. The SMILES string of the molecule is CO[Si](OC)(OC)C1CCCC1.CO[Si](OC)(OC)c1ccccc1. The molecule has 1 aliphatic carbocycles. The van der Waals surface area contributed by atoms with Crippen LogP contribution in [0.3, 0.4) is 0 Å². The van der Waals surface area contributed by atoms with Crippen LogP contribution in [0.4, 0.5) is 0 Å². The molecule has 0 radical (unpaired) electrons. The monoisotopic (exact) mass is 388 g/mol. The van der Waals surface area contributed by atoms with Crippen molar-refractivity contribution in [2.24, 2.45) is 0 Å². The molecule has 144 valence electrons. The van der Waals surface area contributed by atoms with Crippen molar-refractivity contribution < 1.29 is 26.6 Å². The third kappa shape index (κ3) is 5.44. The Hall–Kier alpha value is -0.586. The quantitative estimate of drug-likeness (QED) is 0.638. The van der Waals surface area contributed by atoms with Gasteiger partial charge in [0.05, 0.1) is 0 Å². The summed E-state index contributed by atoms with van der Waals surface area (Å²) >= 11 is 0. The molecule has 6 nitrogen and oxygen atoms in total. The Labute approximate surface area is 154 Å². The topological polar surface area (TPSA) is 55.4 Å². The molecule has 0 bridgehead atoms. The van der Waals surface area contributed by atoms with E-state index in [0.29, 0.717) is 5.54 Å². The molecule has 0 saturated heterocycles. The number of hydrogen-bond donors (Lipinski definition) is 0. The molecule has 1 aromatic rings. The third-order valence-electron chi connectivity index (χ3n) is 4.64. The Morgan fingerprint density at radius 1 is 0.680 bits per heavy atom. The van der Waals surface area contributed by atoms with E-state index in [9.17, 15) is 0 Å². The van der Waals surface area contributed by atoms with Crippen LogP contribution >= 0.6 is 0 Å². The van der Waals surface area contributed by atoms with Gasteiger partial charge in [-0.3, -0.25) is 0 Å². The lowest BCUT2D eigenvalue weighted by Crippen LogP contribution is -2.54. The molecule has 1 aliphatic rings. The van der Waals surface area contributed by atoms with Crippen molar-refractivity contribution in [3.05, 3.63) is 30.3 Å². The number of hydrogen-bond acceptors (Lipinski definition) is 6. The fraction of sp³-hybridized carbons (Fsp3) is 0.647. The van der Waals surface area contributed by atoms with E-state index in [1.807, 2.05) is 30.3 Å². The van der Waals surface area contributed by atoms with Crippen LogP contribution in [0.5, 0.6) is 0 Å². The van der Waals surface area contributed by atoms with Crippen molar-refractivity contribution in [3.8, 4) is 0 Å². The number of benzene rings is 1. The van der Waals surface area contributed by atoms with Gasteiger partial charge in [-0.05, 0) is 12.8 Å². The summed E-state index contributed by atoms with van der Waals surface area (Å²) in [6, 6.07) is 9.72. The van der Waals surface area contributed by atoms with Crippen LogP contribution < -0.4 is 5.19 Å². The van der Waals surface area contributed by atoms with E-state index >= 15 is 0 Å². The van der Waals surface area contributed by atoms with E-state index in [0.717, 1.165) is 5.19 Å². The average Bonchev–Trinajstić information content (AvgIpc) is 3.22. The van der Waals surface area contributed by atoms with Gasteiger partial charge < -0.3 is 26.6 Å². The molecule has 0 atom stereocenters. The second-order valence-electron chi connectivity index (χ2n) is 5.73. The second-order valence-corrected chi connectivity index (χ2v) is 11.9. The molecule has 0 unspecified atom stereocenters. The lowest BCUT2D eigenvalue weighted by atomic mass is 10.4. The molecular weight excluding hydrogens is 356 g/mol. The largest absolute Gasteiger partial charge is 0.536 e. The minimum absolute atomic E-state index is 0.525. The Morgan fingerprint density at radius 2 is 1.12 bits per heavy atom. The van der Waals surface area contributed by atoms with Gasteiger partial charge in [0.15, 0.2) is 0 Å². The lowest BCUT2D eigenvalue weighted by Gasteiger charge is -2.29. The van der Waals surface area contributed by atoms with Gasteiger partial charge in [0.2, 0.25) is 0 Å². The van der Waals surface area contributed by atoms with Crippen LogP contribution in [0, 0.1) is 0 Å². The fourth-order valence-electron chi connectivity index (χ4n) is 3.28. The summed E-state index contributed by atoms with van der Waals surface area (Å²) in [4.78, 5) is 0. The Bertz CT molecular complexity index is 443. The van der Waals surface area contributed by atoms with Gasteiger partial charge in [-0.2, -0.15) is 0 Å². The predicted octanol–water partition coefficient (Wildman–Crippen LogP) is 2.58. The van der Waals surface area contributed by atoms with Crippen molar-refractivity contribution in [1.82, 2.24) is 0 Å². The zero-order valence-corrected chi connectivity index (χ0v) is 18.2. The minimum Gasteiger partial charge on any atom is -0.377 e. The van der Waals surface area contributed by atoms with Crippen LogP contribution in [-0.4, -0.2) is 60.3 Å². The molecule has 1 aromatic carbocycles. The highest BCUT2D eigenvalue weighted by atomic mass is 28.4. The molecule has 0 aromatic heterocycles. The zero-order chi connectivity index (χ0) is 18.8. The summed E-state index contributed by atoms with van der Waals surface area (Å²) in [6.45, 7) is 0. The van der Waals surface area contributed by atoms with Crippen molar-refractivity contribution in [3.63, 3.8) is 0 Å². The van der Waals surface area contributed by atoms with Crippen LogP contribution in [-0.2, 0) is 26.6 Å². The van der Waals surface area contributed by atoms with Gasteiger partial charge >= 0.3 is 17.6 Å². The Balaban J connectivity index is 0.000000251. The van der Waals surface area contributed by atoms with Crippen LogP contribution in [0.2, 0.25) is 5.54 Å².